The molecule has 0 amide bonds. The van der Waals surface area contributed by atoms with Crippen LogP contribution < -0.4 is 5.32 Å². The molecule has 1 rings (SSSR count). The molecule has 0 saturated heterocycles. The first kappa shape index (κ1) is 15.2. The van der Waals surface area contributed by atoms with Crippen LogP contribution in [0.15, 0.2) is 23.1 Å². The van der Waals surface area contributed by atoms with E-state index in [1.807, 2.05) is 24.5 Å². The SMILES string of the molecule is CSCC(C)CNc1cccc(SC)c1C(=O)O. The van der Waals surface area contributed by atoms with Crippen molar-refractivity contribution in [1.29, 1.82) is 0 Å². The number of aromatic carboxylic acids is 1. The van der Waals surface area contributed by atoms with Crippen molar-refractivity contribution in [1.82, 2.24) is 0 Å². The van der Waals surface area contributed by atoms with Gasteiger partial charge in [0.1, 0.15) is 0 Å². The molecular weight excluding hydrogens is 266 g/mol. The van der Waals surface area contributed by atoms with Crippen molar-refractivity contribution in [3.63, 3.8) is 0 Å². The minimum Gasteiger partial charge on any atom is -0.478 e. The van der Waals surface area contributed by atoms with E-state index in [0.717, 1.165) is 17.2 Å². The Morgan fingerprint density at radius 3 is 2.72 bits per heavy atom. The smallest absolute Gasteiger partial charge is 0.338 e. The highest BCUT2D eigenvalue weighted by molar-refractivity contribution is 7.98. The number of rotatable bonds is 7. The molecule has 0 aliphatic rings. The molecule has 3 nitrogen and oxygen atoms in total. The predicted molar refractivity (Wildman–Crippen MR) is 81.2 cm³/mol. The second-order valence-corrected chi connectivity index (χ2v) is 5.89. The summed E-state index contributed by atoms with van der Waals surface area (Å²) < 4.78 is 0. The zero-order valence-electron chi connectivity index (χ0n) is 10.9. The molecule has 0 fully saturated rings. The topological polar surface area (TPSA) is 49.3 Å². The molecule has 0 aliphatic heterocycles. The van der Waals surface area contributed by atoms with E-state index < -0.39 is 5.97 Å². The van der Waals surface area contributed by atoms with Crippen LogP contribution in [0.5, 0.6) is 0 Å². The third kappa shape index (κ3) is 4.14. The lowest BCUT2D eigenvalue weighted by Crippen LogP contribution is -2.15. The lowest BCUT2D eigenvalue weighted by atomic mass is 10.1. The molecule has 18 heavy (non-hydrogen) atoms. The third-order valence-electron chi connectivity index (χ3n) is 2.55. The van der Waals surface area contributed by atoms with E-state index in [1.54, 1.807) is 11.8 Å². The van der Waals surface area contributed by atoms with E-state index in [-0.39, 0.29) is 0 Å². The number of thioether (sulfide) groups is 2. The van der Waals surface area contributed by atoms with Crippen LogP contribution in [0.25, 0.3) is 0 Å². The van der Waals surface area contributed by atoms with Gasteiger partial charge in [0.25, 0.3) is 0 Å². The summed E-state index contributed by atoms with van der Waals surface area (Å²) in [6.07, 6.45) is 3.97. The van der Waals surface area contributed by atoms with Gasteiger partial charge in [0.15, 0.2) is 0 Å². The Balaban J connectivity index is 2.85. The highest BCUT2D eigenvalue weighted by atomic mass is 32.2. The van der Waals surface area contributed by atoms with Gasteiger partial charge in [-0.05, 0) is 36.3 Å². The summed E-state index contributed by atoms with van der Waals surface area (Å²) in [5, 5.41) is 12.5. The number of nitrogens with one attached hydrogen (secondary N) is 1. The summed E-state index contributed by atoms with van der Waals surface area (Å²) in [7, 11) is 0. The Hall–Kier alpha value is -0.810. The number of benzene rings is 1. The maximum Gasteiger partial charge on any atom is 0.338 e. The zero-order valence-corrected chi connectivity index (χ0v) is 12.5. The fourth-order valence-corrected chi connectivity index (χ4v) is 3.00. The van der Waals surface area contributed by atoms with E-state index in [1.165, 1.54) is 11.8 Å². The summed E-state index contributed by atoms with van der Waals surface area (Å²) in [5.74, 6) is 0.706. The Bertz CT molecular complexity index is 410. The average Bonchev–Trinajstić information content (AvgIpc) is 2.35. The molecule has 1 aromatic rings. The molecule has 2 N–H and O–H groups in total. The van der Waals surface area contributed by atoms with E-state index in [9.17, 15) is 9.90 Å². The fraction of sp³-hybridized carbons (Fsp3) is 0.462. The highest BCUT2D eigenvalue weighted by Crippen LogP contribution is 2.27. The predicted octanol–water partition coefficient (Wildman–Crippen LogP) is 3.52. The third-order valence-corrected chi connectivity index (χ3v) is 4.23. The second-order valence-electron chi connectivity index (χ2n) is 4.13. The van der Waals surface area contributed by atoms with Crippen LogP contribution in [0, 0.1) is 5.92 Å². The Morgan fingerprint density at radius 1 is 1.44 bits per heavy atom. The summed E-state index contributed by atoms with van der Waals surface area (Å²) >= 11 is 3.26. The summed E-state index contributed by atoms with van der Waals surface area (Å²) in [6, 6.07) is 5.56. The zero-order chi connectivity index (χ0) is 13.5. The van der Waals surface area contributed by atoms with Crippen LogP contribution in [0.4, 0.5) is 5.69 Å². The number of hydrogen-bond donors (Lipinski definition) is 2. The van der Waals surface area contributed by atoms with Crippen LogP contribution in [0.1, 0.15) is 17.3 Å². The standard InChI is InChI=1S/C13H19NO2S2/c1-9(8-17-2)7-14-10-5-4-6-11(18-3)12(10)13(15)16/h4-6,9,14H,7-8H2,1-3H3,(H,15,16). The van der Waals surface area contributed by atoms with Gasteiger partial charge in [-0.2, -0.15) is 11.8 Å². The Kier molecular flexibility index (Phi) is 6.43. The van der Waals surface area contributed by atoms with Crippen LogP contribution in [0.3, 0.4) is 0 Å². The lowest BCUT2D eigenvalue weighted by Gasteiger charge is -2.15. The van der Waals surface area contributed by atoms with Gasteiger partial charge in [0, 0.05) is 17.1 Å². The van der Waals surface area contributed by atoms with Gasteiger partial charge in [-0.25, -0.2) is 4.79 Å². The summed E-state index contributed by atoms with van der Waals surface area (Å²) in [4.78, 5) is 12.1. The molecular formula is C13H19NO2S2. The monoisotopic (exact) mass is 285 g/mol. The molecule has 1 unspecified atom stereocenters. The lowest BCUT2D eigenvalue weighted by molar-refractivity contribution is 0.0694. The molecule has 0 aliphatic carbocycles. The van der Waals surface area contributed by atoms with E-state index in [2.05, 4.69) is 18.5 Å². The van der Waals surface area contributed by atoms with Gasteiger partial charge in [-0.3, -0.25) is 0 Å². The summed E-state index contributed by atoms with van der Waals surface area (Å²) in [5.41, 5.74) is 1.09. The largest absolute Gasteiger partial charge is 0.478 e. The van der Waals surface area contributed by atoms with Crippen molar-refractivity contribution in [2.24, 2.45) is 5.92 Å². The van der Waals surface area contributed by atoms with Gasteiger partial charge < -0.3 is 10.4 Å². The Labute approximate surface area is 117 Å². The Morgan fingerprint density at radius 2 is 2.17 bits per heavy atom. The quantitative estimate of drug-likeness (QED) is 0.751. The molecule has 1 aromatic carbocycles. The number of carboxylic acid groups (broad SMARTS) is 1. The van der Waals surface area contributed by atoms with E-state index >= 15 is 0 Å². The molecule has 5 heteroatoms. The normalized spacial score (nSPS) is 12.2. The van der Waals surface area contributed by atoms with Crippen molar-refractivity contribution < 1.29 is 9.90 Å². The molecule has 100 valence electrons. The van der Waals surface area contributed by atoms with Crippen LogP contribution >= 0.6 is 23.5 Å². The number of carbonyl (C=O) groups is 1. The highest BCUT2D eigenvalue weighted by Gasteiger charge is 2.15. The van der Waals surface area contributed by atoms with Crippen molar-refractivity contribution >= 4 is 35.2 Å². The van der Waals surface area contributed by atoms with E-state index in [0.29, 0.717) is 17.2 Å². The molecule has 0 bridgehead atoms. The average molecular weight is 285 g/mol. The van der Waals surface area contributed by atoms with Crippen molar-refractivity contribution in [3.8, 4) is 0 Å². The van der Waals surface area contributed by atoms with E-state index in [4.69, 9.17) is 0 Å². The molecule has 0 radical (unpaired) electrons. The first-order chi connectivity index (χ1) is 8.60. The molecule has 1 atom stereocenters. The summed E-state index contributed by atoms with van der Waals surface area (Å²) in [6.45, 7) is 2.95. The van der Waals surface area contributed by atoms with Gasteiger partial charge >= 0.3 is 5.97 Å². The van der Waals surface area contributed by atoms with Crippen LogP contribution in [-0.4, -0.2) is 35.9 Å². The minimum absolute atomic E-state index is 0.376. The van der Waals surface area contributed by atoms with Crippen LogP contribution in [0.2, 0.25) is 0 Å². The first-order valence-electron chi connectivity index (χ1n) is 5.73. The minimum atomic E-state index is -0.875. The number of anilines is 1. The maximum atomic E-state index is 11.3. The van der Waals surface area contributed by atoms with Gasteiger partial charge in [0.2, 0.25) is 0 Å². The van der Waals surface area contributed by atoms with Gasteiger partial charge in [0.05, 0.1) is 5.56 Å². The van der Waals surface area contributed by atoms with Gasteiger partial charge in [-0.15, -0.1) is 11.8 Å². The molecule has 0 spiro atoms. The molecule has 0 saturated carbocycles. The number of carboxylic acids is 1. The first-order valence-corrected chi connectivity index (χ1v) is 8.35. The number of hydrogen-bond acceptors (Lipinski definition) is 4. The van der Waals surface area contributed by atoms with Crippen LogP contribution in [-0.2, 0) is 0 Å². The van der Waals surface area contributed by atoms with Gasteiger partial charge in [-0.1, -0.05) is 13.0 Å². The molecule has 0 heterocycles. The van der Waals surface area contributed by atoms with Crippen molar-refractivity contribution in [2.45, 2.75) is 11.8 Å². The maximum absolute atomic E-state index is 11.3. The molecule has 0 aromatic heterocycles. The van der Waals surface area contributed by atoms with Crippen molar-refractivity contribution in [2.75, 3.05) is 30.1 Å². The van der Waals surface area contributed by atoms with Crippen molar-refractivity contribution in [3.05, 3.63) is 23.8 Å². The fourth-order valence-electron chi connectivity index (χ4n) is 1.70. The second kappa shape index (κ2) is 7.59.